The normalized spacial score (nSPS) is 10.5. The summed E-state index contributed by atoms with van der Waals surface area (Å²) in [7, 11) is 0. The third-order valence-electron chi connectivity index (χ3n) is 3.22. The first-order valence-corrected chi connectivity index (χ1v) is 7.59. The first-order valence-electron chi connectivity index (χ1n) is 6.37. The van der Waals surface area contributed by atoms with Crippen molar-refractivity contribution in [3.05, 3.63) is 71.8 Å². The second kappa shape index (κ2) is 10.3. The van der Waals surface area contributed by atoms with Gasteiger partial charge >= 0.3 is 74.3 Å². The Bertz CT molecular complexity index is 704. The molecule has 1 aliphatic carbocycles. The molecule has 0 spiro atoms. The van der Waals surface area contributed by atoms with Crippen LogP contribution in [0.5, 0.6) is 0 Å². The number of hydrogen-bond donors (Lipinski definition) is 1. The van der Waals surface area contributed by atoms with Crippen LogP contribution in [0, 0.1) is 0 Å². The summed E-state index contributed by atoms with van der Waals surface area (Å²) in [5, 5.41) is 1.31. The monoisotopic (exact) mass is 427 g/mol. The molecule has 2 aromatic carbocycles. The number of nitrogens with one attached hydrogen (secondary N) is 1. The van der Waals surface area contributed by atoms with E-state index < -0.39 is 0 Å². The van der Waals surface area contributed by atoms with E-state index in [0.29, 0.717) is 0 Å². The molecule has 4 rings (SSSR count). The van der Waals surface area contributed by atoms with E-state index in [1.165, 1.54) is 50.2 Å². The van der Waals surface area contributed by atoms with E-state index in [9.17, 15) is 0 Å². The first kappa shape index (κ1) is 21.5. The van der Waals surface area contributed by atoms with Crippen molar-refractivity contribution < 1.29 is 61.9 Å². The van der Waals surface area contributed by atoms with Gasteiger partial charge in [0, 0.05) is 0 Å². The average Bonchev–Trinajstić information content (AvgIpc) is 3.03. The van der Waals surface area contributed by atoms with E-state index in [0.717, 1.165) is 6.42 Å². The van der Waals surface area contributed by atoms with Crippen LogP contribution in [-0.2, 0) is 31.1 Å². The molecule has 1 aliphatic rings. The van der Waals surface area contributed by atoms with Crippen molar-refractivity contribution in [3.63, 3.8) is 0 Å². The van der Waals surface area contributed by atoms with Crippen LogP contribution >= 0.6 is 0 Å². The summed E-state index contributed by atoms with van der Waals surface area (Å²) < 4.78 is 1.31. The number of aromatic nitrogens is 1. The molecule has 22 heavy (non-hydrogen) atoms. The Kier molecular flexibility index (Phi) is 10.0. The van der Waals surface area contributed by atoms with Gasteiger partial charge in [-0.3, -0.25) is 0 Å². The van der Waals surface area contributed by atoms with Crippen molar-refractivity contribution in [1.82, 2.24) is 4.98 Å². The molecule has 0 bridgehead atoms. The summed E-state index contributed by atoms with van der Waals surface area (Å²) in [5.41, 5.74) is 4.09. The topological polar surface area (TPSA) is 15.8 Å². The van der Waals surface area contributed by atoms with E-state index in [1.54, 1.807) is 0 Å². The van der Waals surface area contributed by atoms with Gasteiger partial charge in [0.1, 0.15) is 0 Å². The molecule has 112 valence electrons. The van der Waals surface area contributed by atoms with Gasteiger partial charge in [0.25, 0.3) is 0 Å². The van der Waals surface area contributed by atoms with E-state index in [4.69, 9.17) is 0 Å². The van der Waals surface area contributed by atoms with Crippen LogP contribution in [-0.4, -0.2) is 4.98 Å². The molecule has 1 N–H and O–H groups in total. The maximum absolute atomic E-state index is 3.30. The van der Waals surface area contributed by atoms with Gasteiger partial charge in [0.15, 0.2) is 0 Å². The zero-order chi connectivity index (χ0) is 13.1. The number of halogens is 3. The van der Waals surface area contributed by atoms with Gasteiger partial charge in [-0.1, -0.05) is 36.4 Å². The maximum atomic E-state index is 3.30. The Balaban J connectivity index is 0.000000354. The van der Waals surface area contributed by atoms with E-state index in [1.807, 2.05) is 6.07 Å². The Hall–Kier alpha value is -0.527. The van der Waals surface area contributed by atoms with E-state index in [-0.39, 0.29) is 37.2 Å². The fourth-order valence-corrected chi connectivity index (χ4v) is 2.98. The third-order valence-corrected chi connectivity index (χ3v) is 3.88. The summed E-state index contributed by atoms with van der Waals surface area (Å²) in [6, 6.07) is 19.0. The molecule has 0 atom stereocenters. The molecule has 0 saturated carbocycles. The number of fused-ring (bicyclic) bond motifs is 2. The number of hydrogen-bond acceptors (Lipinski definition) is 0. The zero-order valence-electron chi connectivity index (χ0n) is 11.7. The predicted octanol–water partition coefficient (Wildman–Crippen LogP) is -5.39. The third kappa shape index (κ3) is 5.28. The minimum atomic E-state index is 0. The fraction of sp³-hybridized carbons (Fsp3) is 0.0588. The van der Waals surface area contributed by atoms with E-state index in [2.05, 4.69) is 65.7 Å². The molecule has 0 saturated heterocycles. The summed E-state index contributed by atoms with van der Waals surface area (Å²) in [6.07, 6.45) is 5.50. The first-order chi connectivity index (χ1) is 9.33. The Morgan fingerprint density at radius 1 is 0.864 bits per heavy atom. The van der Waals surface area contributed by atoms with Crippen LogP contribution in [0.1, 0.15) is 11.1 Å². The quantitative estimate of drug-likeness (QED) is 0.367. The van der Waals surface area contributed by atoms with Crippen LogP contribution in [0.3, 0.4) is 0 Å². The molecule has 0 aliphatic heterocycles. The summed E-state index contributed by atoms with van der Waals surface area (Å²) in [6.45, 7) is 0. The molecular weight excluding hydrogens is 416 g/mol. The van der Waals surface area contributed by atoms with Crippen LogP contribution < -0.4 is 40.6 Å². The van der Waals surface area contributed by atoms with E-state index >= 15 is 0 Å². The summed E-state index contributed by atoms with van der Waals surface area (Å²) >= 11 is 1.45. The zero-order valence-corrected chi connectivity index (χ0v) is 16.4. The molecule has 5 heteroatoms. The molecule has 0 fully saturated rings. The molecule has 1 heterocycles. The fourth-order valence-electron chi connectivity index (χ4n) is 2.27. The van der Waals surface area contributed by atoms with Gasteiger partial charge in [-0.25, -0.2) is 0 Å². The van der Waals surface area contributed by atoms with Crippen LogP contribution in [0.2, 0.25) is 0 Å². The second-order valence-corrected chi connectivity index (χ2v) is 5.90. The van der Waals surface area contributed by atoms with Crippen LogP contribution in [0.4, 0.5) is 0 Å². The molecular formula is C17H14Cl3NZr. The van der Waals surface area contributed by atoms with Gasteiger partial charge in [0.2, 0.25) is 0 Å². The number of rotatable bonds is 0. The number of H-pyrrole nitrogens is 1. The van der Waals surface area contributed by atoms with Crippen molar-refractivity contribution in [2.75, 3.05) is 0 Å². The standard InChI is InChI=1S/C9H8.C8H6N.3ClH.Zr/c1-2-5-9-7-3-6-8(9)4-1;1-2-4-8-7(3-1)5-6-9-8;;;;/h1-6H,7H2;1-5,9H;3*1H;/q;;;;;+3/p-3. The number of aromatic amines is 1. The van der Waals surface area contributed by atoms with Crippen LogP contribution in [0.25, 0.3) is 17.0 Å². The van der Waals surface area contributed by atoms with Gasteiger partial charge in [0.05, 0.1) is 0 Å². The molecule has 1 aromatic heterocycles. The minimum absolute atomic E-state index is 0. The molecule has 0 unspecified atom stereocenters. The van der Waals surface area contributed by atoms with Crippen LogP contribution in [0.15, 0.2) is 60.7 Å². The summed E-state index contributed by atoms with van der Waals surface area (Å²) in [5.74, 6) is 0. The van der Waals surface area contributed by atoms with Crippen molar-refractivity contribution >= 4 is 20.4 Å². The van der Waals surface area contributed by atoms with Gasteiger partial charge in [-0.2, -0.15) is 0 Å². The van der Waals surface area contributed by atoms with Crippen molar-refractivity contribution in [2.24, 2.45) is 0 Å². The summed E-state index contributed by atoms with van der Waals surface area (Å²) in [4.78, 5) is 3.30. The van der Waals surface area contributed by atoms with Gasteiger partial charge in [-0.15, -0.1) is 0 Å². The molecule has 3 aromatic rings. The predicted molar refractivity (Wildman–Crippen MR) is 77.1 cm³/mol. The second-order valence-electron chi connectivity index (χ2n) is 4.58. The van der Waals surface area contributed by atoms with Crippen molar-refractivity contribution in [3.8, 4) is 0 Å². The Labute approximate surface area is 164 Å². The molecule has 0 amide bonds. The SMILES string of the molecule is C1=Cc2ccccc2C1.[Cl-].[Cl-].[Cl-].[Zr+3][c]1cc2ccccc2[nH]1. The van der Waals surface area contributed by atoms with Crippen molar-refractivity contribution in [1.29, 1.82) is 0 Å². The Morgan fingerprint density at radius 2 is 1.55 bits per heavy atom. The Morgan fingerprint density at radius 3 is 2.27 bits per heavy atom. The number of allylic oxidation sites excluding steroid dienone is 1. The average molecular weight is 430 g/mol. The van der Waals surface area contributed by atoms with Gasteiger partial charge < -0.3 is 37.2 Å². The molecule has 0 radical (unpaired) electrons. The number of para-hydroxylation sites is 1. The van der Waals surface area contributed by atoms with Crippen molar-refractivity contribution in [2.45, 2.75) is 6.42 Å². The molecule has 1 nitrogen and oxygen atoms in total. The van der Waals surface area contributed by atoms with Gasteiger partial charge in [-0.05, 0) is 17.5 Å². The number of benzene rings is 2.